The maximum absolute atomic E-state index is 13.8. The SMILES string of the molecule is CCOC(=O)CCC[C@H]1CC[C@@H]2[C@H](C1)C[C@H]1C(=O)O[C@@H](C)[C@@]1(C)[C@@H]2/C=C/C1=CC=C(c2cccc(F)c2)C(C)C1. The zero-order valence-electron chi connectivity index (χ0n) is 24.5. The molecule has 3 aliphatic carbocycles. The van der Waals surface area contributed by atoms with E-state index in [1.165, 1.54) is 23.6 Å². The first-order valence-electron chi connectivity index (χ1n) is 15.4. The van der Waals surface area contributed by atoms with Crippen LogP contribution in [0.15, 0.2) is 54.1 Å². The number of carbonyl (C=O) groups excluding carboxylic acids is 2. The summed E-state index contributed by atoms with van der Waals surface area (Å²) in [6, 6.07) is 6.86. The highest BCUT2D eigenvalue weighted by Gasteiger charge is 2.61. The molecule has 5 rings (SSSR count). The van der Waals surface area contributed by atoms with Gasteiger partial charge in [-0.2, -0.15) is 0 Å². The molecule has 3 fully saturated rings. The zero-order valence-corrected chi connectivity index (χ0v) is 24.5. The monoisotopic (exact) mass is 548 g/mol. The lowest BCUT2D eigenvalue weighted by molar-refractivity contribution is -0.145. The van der Waals surface area contributed by atoms with Gasteiger partial charge in [0.15, 0.2) is 0 Å². The molecule has 0 aromatic heterocycles. The van der Waals surface area contributed by atoms with E-state index < -0.39 is 0 Å². The fourth-order valence-corrected chi connectivity index (χ4v) is 8.34. The Kier molecular flexibility index (Phi) is 8.68. The predicted octanol–water partition coefficient (Wildman–Crippen LogP) is 8.09. The van der Waals surface area contributed by atoms with Crippen molar-refractivity contribution in [1.82, 2.24) is 0 Å². The van der Waals surface area contributed by atoms with Crippen molar-refractivity contribution >= 4 is 17.5 Å². The van der Waals surface area contributed by atoms with Gasteiger partial charge in [-0.15, -0.1) is 0 Å². The van der Waals surface area contributed by atoms with Crippen LogP contribution in [0.25, 0.3) is 5.57 Å². The lowest BCUT2D eigenvalue weighted by atomic mass is 9.50. The molecule has 216 valence electrons. The van der Waals surface area contributed by atoms with Crippen LogP contribution < -0.4 is 0 Å². The van der Waals surface area contributed by atoms with Crippen molar-refractivity contribution in [2.75, 3.05) is 6.61 Å². The largest absolute Gasteiger partial charge is 0.466 e. The van der Waals surface area contributed by atoms with E-state index in [0.717, 1.165) is 44.1 Å². The molecule has 0 bridgehead atoms. The number of ether oxygens (including phenoxy) is 2. The highest BCUT2D eigenvalue weighted by Crippen LogP contribution is 2.61. The summed E-state index contributed by atoms with van der Waals surface area (Å²) in [5.74, 6) is 1.85. The summed E-state index contributed by atoms with van der Waals surface area (Å²) in [5.41, 5.74) is 3.20. The number of allylic oxidation sites excluding steroid dienone is 6. The third kappa shape index (κ3) is 5.71. The highest BCUT2D eigenvalue weighted by molar-refractivity contribution is 5.77. The molecule has 1 aromatic carbocycles. The first-order chi connectivity index (χ1) is 19.2. The Balaban J connectivity index is 1.33. The standard InChI is InChI=1S/C35H45FO4/c1-5-39-33(37)11-6-8-24-13-16-30-27(19-24)21-32-34(38)40-23(3)35(32,4)31(30)17-14-25-12-15-29(22(2)18-25)26-9-7-10-28(36)20-26/h7,9-10,12,14-15,17,20,22-24,27,30-32H,5-6,8,11,13,16,18-19,21H2,1-4H3/b17-14+/t22?,23-,24-,27+,30+,31+,32-,35-/m0/s1. The molecule has 0 amide bonds. The maximum Gasteiger partial charge on any atom is 0.309 e. The number of fused-ring (bicyclic) bond motifs is 2. The smallest absolute Gasteiger partial charge is 0.309 e. The van der Waals surface area contributed by atoms with Crippen molar-refractivity contribution < 1.29 is 23.5 Å². The number of rotatable bonds is 8. The average Bonchev–Trinajstić information content (AvgIpc) is 3.14. The number of benzene rings is 1. The van der Waals surface area contributed by atoms with Crippen LogP contribution in [0.2, 0.25) is 0 Å². The Hall–Kier alpha value is -2.69. The number of cyclic esters (lactones) is 1. The highest BCUT2D eigenvalue weighted by atomic mass is 19.1. The summed E-state index contributed by atoms with van der Waals surface area (Å²) in [5, 5.41) is 0. The minimum Gasteiger partial charge on any atom is -0.466 e. The first-order valence-corrected chi connectivity index (χ1v) is 15.4. The number of halogens is 1. The van der Waals surface area contributed by atoms with Crippen LogP contribution in [-0.2, 0) is 19.1 Å². The van der Waals surface area contributed by atoms with Gasteiger partial charge in [-0.25, -0.2) is 4.39 Å². The second-order valence-corrected chi connectivity index (χ2v) is 12.9. The normalized spacial score (nSPS) is 35.4. The quantitative estimate of drug-likeness (QED) is 0.308. The molecule has 1 saturated heterocycles. The molecule has 8 atom stereocenters. The fraction of sp³-hybridized carbons (Fsp3) is 0.600. The Morgan fingerprint density at radius 2 is 2.02 bits per heavy atom. The predicted molar refractivity (Wildman–Crippen MR) is 155 cm³/mol. The summed E-state index contributed by atoms with van der Waals surface area (Å²) in [6.07, 6.45) is 16.6. The van der Waals surface area contributed by atoms with Gasteiger partial charge in [0, 0.05) is 11.8 Å². The van der Waals surface area contributed by atoms with E-state index >= 15 is 0 Å². The van der Waals surface area contributed by atoms with Crippen molar-refractivity contribution in [3.63, 3.8) is 0 Å². The summed E-state index contributed by atoms with van der Waals surface area (Å²) < 4.78 is 24.8. The van der Waals surface area contributed by atoms with Gasteiger partial charge in [0.2, 0.25) is 0 Å². The molecule has 5 heteroatoms. The molecule has 2 saturated carbocycles. The lowest BCUT2D eigenvalue weighted by Crippen LogP contribution is -2.51. The van der Waals surface area contributed by atoms with Gasteiger partial charge >= 0.3 is 11.9 Å². The molecule has 1 aliphatic heterocycles. The van der Waals surface area contributed by atoms with Crippen LogP contribution >= 0.6 is 0 Å². The van der Waals surface area contributed by atoms with Crippen molar-refractivity contribution in [2.45, 2.75) is 85.2 Å². The Bertz CT molecular complexity index is 1200. The van der Waals surface area contributed by atoms with E-state index in [1.807, 2.05) is 13.0 Å². The third-order valence-corrected chi connectivity index (χ3v) is 10.6. The van der Waals surface area contributed by atoms with Crippen LogP contribution in [-0.4, -0.2) is 24.6 Å². The second-order valence-electron chi connectivity index (χ2n) is 12.9. The molecular weight excluding hydrogens is 503 g/mol. The van der Waals surface area contributed by atoms with Gasteiger partial charge in [-0.05, 0) is 111 Å². The van der Waals surface area contributed by atoms with E-state index in [0.29, 0.717) is 36.7 Å². The van der Waals surface area contributed by atoms with Gasteiger partial charge in [0.05, 0.1) is 12.5 Å². The minimum atomic E-state index is -0.203. The Morgan fingerprint density at radius 1 is 1.20 bits per heavy atom. The topological polar surface area (TPSA) is 52.6 Å². The summed E-state index contributed by atoms with van der Waals surface area (Å²) in [4.78, 5) is 24.8. The number of hydrogen-bond acceptors (Lipinski definition) is 4. The molecule has 1 aromatic rings. The van der Waals surface area contributed by atoms with E-state index in [-0.39, 0.29) is 41.1 Å². The Labute approximate surface area is 239 Å². The van der Waals surface area contributed by atoms with E-state index in [1.54, 1.807) is 12.1 Å². The van der Waals surface area contributed by atoms with Gasteiger partial charge in [0.1, 0.15) is 11.9 Å². The van der Waals surface area contributed by atoms with Crippen LogP contribution in [0.4, 0.5) is 4.39 Å². The number of hydrogen-bond donors (Lipinski definition) is 0. The zero-order chi connectivity index (χ0) is 28.4. The summed E-state index contributed by atoms with van der Waals surface area (Å²) in [7, 11) is 0. The van der Waals surface area contributed by atoms with Gasteiger partial charge < -0.3 is 9.47 Å². The van der Waals surface area contributed by atoms with Crippen LogP contribution in [0.3, 0.4) is 0 Å². The number of esters is 2. The second kappa shape index (κ2) is 12.0. The van der Waals surface area contributed by atoms with Gasteiger partial charge in [0.25, 0.3) is 0 Å². The molecule has 1 heterocycles. The van der Waals surface area contributed by atoms with Crippen molar-refractivity contribution in [3.8, 4) is 0 Å². The molecule has 4 nitrogen and oxygen atoms in total. The summed E-state index contributed by atoms with van der Waals surface area (Å²) >= 11 is 0. The molecule has 1 unspecified atom stereocenters. The van der Waals surface area contributed by atoms with E-state index in [4.69, 9.17) is 9.47 Å². The van der Waals surface area contributed by atoms with Gasteiger partial charge in [-0.1, -0.05) is 56.7 Å². The van der Waals surface area contributed by atoms with E-state index in [2.05, 4.69) is 45.1 Å². The molecule has 0 radical (unpaired) electrons. The summed E-state index contributed by atoms with van der Waals surface area (Å²) in [6.45, 7) is 8.86. The van der Waals surface area contributed by atoms with Crippen molar-refractivity contribution in [1.29, 1.82) is 0 Å². The molecule has 0 N–H and O–H groups in total. The average molecular weight is 549 g/mol. The first kappa shape index (κ1) is 28.8. The maximum atomic E-state index is 13.8. The van der Waals surface area contributed by atoms with Crippen molar-refractivity contribution in [2.24, 2.45) is 40.9 Å². The van der Waals surface area contributed by atoms with Gasteiger partial charge in [-0.3, -0.25) is 9.59 Å². The van der Waals surface area contributed by atoms with Crippen LogP contribution in [0.1, 0.15) is 84.6 Å². The third-order valence-electron chi connectivity index (χ3n) is 10.6. The van der Waals surface area contributed by atoms with Crippen molar-refractivity contribution in [3.05, 3.63) is 65.5 Å². The van der Waals surface area contributed by atoms with E-state index in [9.17, 15) is 14.0 Å². The molecule has 40 heavy (non-hydrogen) atoms. The fourth-order valence-electron chi connectivity index (χ4n) is 8.34. The number of carbonyl (C=O) groups is 2. The Morgan fingerprint density at radius 3 is 2.77 bits per heavy atom. The van der Waals surface area contributed by atoms with Crippen LogP contribution in [0, 0.1) is 46.7 Å². The minimum absolute atomic E-state index is 0.0237. The molecule has 4 aliphatic rings. The lowest BCUT2D eigenvalue weighted by Gasteiger charge is -2.53. The van der Waals surface area contributed by atoms with Crippen LogP contribution in [0.5, 0.6) is 0 Å². The molecule has 0 spiro atoms. The molecular formula is C35H45FO4.